The number of ether oxygens (including phenoxy) is 1. The zero-order chi connectivity index (χ0) is 16.3. The minimum absolute atomic E-state index is 0.0460. The topological polar surface area (TPSA) is 100 Å². The second-order valence-corrected chi connectivity index (χ2v) is 4.97. The van der Waals surface area contributed by atoms with E-state index in [0.717, 1.165) is 0 Å². The summed E-state index contributed by atoms with van der Waals surface area (Å²) < 4.78 is 6.34. The molecule has 0 radical (unpaired) electrons. The van der Waals surface area contributed by atoms with Gasteiger partial charge < -0.3 is 4.74 Å². The minimum Gasteiger partial charge on any atom is -0.459 e. The number of aromatic nitrogens is 3. The van der Waals surface area contributed by atoms with Gasteiger partial charge in [0.2, 0.25) is 0 Å². The van der Waals surface area contributed by atoms with Crippen LogP contribution < -0.4 is 0 Å². The molecule has 0 aliphatic heterocycles. The Morgan fingerprint density at radius 1 is 1.45 bits per heavy atom. The van der Waals surface area contributed by atoms with E-state index >= 15 is 0 Å². The number of carbonyl (C=O) groups excluding carboxylic acids is 1. The second-order valence-electron chi connectivity index (χ2n) is 4.58. The molecule has 0 fully saturated rings. The van der Waals surface area contributed by atoms with Gasteiger partial charge in [0, 0.05) is 11.8 Å². The van der Waals surface area contributed by atoms with E-state index < -0.39 is 10.9 Å². The summed E-state index contributed by atoms with van der Waals surface area (Å²) in [5, 5.41) is 15.2. The average Bonchev–Trinajstić information content (AvgIpc) is 2.72. The van der Waals surface area contributed by atoms with Crippen molar-refractivity contribution in [3.05, 3.63) is 50.5 Å². The minimum atomic E-state index is -0.546. The maximum atomic E-state index is 11.8. The Morgan fingerprint density at radius 3 is 2.73 bits per heavy atom. The number of pyridine rings is 1. The molecule has 2 aromatic rings. The highest BCUT2D eigenvalue weighted by atomic mass is 35.5. The summed E-state index contributed by atoms with van der Waals surface area (Å²) in [6.07, 6.45) is 1.50. The fraction of sp³-hybridized carbons (Fsp3) is 0.308. The van der Waals surface area contributed by atoms with Crippen LogP contribution in [0.15, 0.2) is 18.3 Å². The normalized spacial score (nSPS) is 10.5. The Balaban J connectivity index is 1.99. The highest BCUT2D eigenvalue weighted by molar-refractivity contribution is 6.29. The smallest absolute Gasteiger partial charge is 0.328 e. The van der Waals surface area contributed by atoms with E-state index in [0.29, 0.717) is 16.4 Å². The molecule has 0 bridgehead atoms. The van der Waals surface area contributed by atoms with Crippen molar-refractivity contribution in [3.8, 4) is 0 Å². The van der Waals surface area contributed by atoms with Crippen LogP contribution in [0.3, 0.4) is 0 Å². The number of hydrogen-bond acceptors (Lipinski definition) is 6. The van der Waals surface area contributed by atoms with Gasteiger partial charge >= 0.3 is 11.7 Å². The molecule has 2 aromatic heterocycles. The van der Waals surface area contributed by atoms with E-state index in [2.05, 4.69) is 10.1 Å². The summed E-state index contributed by atoms with van der Waals surface area (Å²) >= 11 is 5.66. The summed E-state index contributed by atoms with van der Waals surface area (Å²) in [6.45, 7) is 2.91. The molecule has 0 saturated heterocycles. The number of halogens is 1. The van der Waals surface area contributed by atoms with Crippen molar-refractivity contribution >= 4 is 23.3 Å². The van der Waals surface area contributed by atoms with Gasteiger partial charge in [-0.3, -0.25) is 19.6 Å². The largest absolute Gasteiger partial charge is 0.459 e. The lowest BCUT2D eigenvalue weighted by Gasteiger charge is -2.06. The molecule has 0 unspecified atom stereocenters. The van der Waals surface area contributed by atoms with E-state index in [4.69, 9.17) is 16.3 Å². The standard InChI is InChI=1S/C13H13ClN4O4/c1-8-13(18(20)21)9(2)17(16-8)6-12(19)22-7-10-3-4-11(14)15-5-10/h3-5H,6-7H2,1-2H3. The van der Waals surface area contributed by atoms with Gasteiger partial charge in [0.25, 0.3) is 0 Å². The van der Waals surface area contributed by atoms with Crippen LogP contribution >= 0.6 is 11.6 Å². The summed E-state index contributed by atoms with van der Waals surface area (Å²) in [4.78, 5) is 26.1. The molecule has 0 spiro atoms. The molecule has 9 heteroatoms. The highest BCUT2D eigenvalue weighted by Crippen LogP contribution is 2.21. The van der Waals surface area contributed by atoms with Gasteiger partial charge in [-0.2, -0.15) is 5.10 Å². The van der Waals surface area contributed by atoms with Gasteiger partial charge in [0.1, 0.15) is 29.7 Å². The SMILES string of the molecule is Cc1nn(CC(=O)OCc2ccc(Cl)nc2)c(C)c1[N+](=O)[O-]. The van der Waals surface area contributed by atoms with Crippen molar-refractivity contribution in [1.29, 1.82) is 0 Å². The molecule has 0 atom stereocenters. The molecular formula is C13H13ClN4O4. The van der Waals surface area contributed by atoms with Gasteiger partial charge in [-0.25, -0.2) is 4.98 Å². The first kappa shape index (κ1) is 15.9. The molecule has 22 heavy (non-hydrogen) atoms. The van der Waals surface area contributed by atoms with E-state index in [9.17, 15) is 14.9 Å². The zero-order valence-corrected chi connectivity index (χ0v) is 12.7. The highest BCUT2D eigenvalue weighted by Gasteiger charge is 2.23. The van der Waals surface area contributed by atoms with Crippen molar-refractivity contribution in [2.24, 2.45) is 0 Å². The van der Waals surface area contributed by atoms with Gasteiger partial charge in [0.05, 0.1) is 4.92 Å². The van der Waals surface area contributed by atoms with Gasteiger partial charge in [0.15, 0.2) is 0 Å². The van der Waals surface area contributed by atoms with Crippen LogP contribution in [0.25, 0.3) is 0 Å². The maximum absolute atomic E-state index is 11.8. The summed E-state index contributed by atoms with van der Waals surface area (Å²) in [7, 11) is 0. The van der Waals surface area contributed by atoms with Gasteiger partial charge in [-0.15, -0.1) is 0 Å². The van der Waals surface area contributed by atoms with Crippen LogP contribution in [-0.4, -0.2) is 25.7 Å². The molecule has 2 rings (SSSR count). The monoisotopic (exact) mass is 324 g/mol. The van der Waals surface area contributed by atoms with Crippen molar-refractivity contribution < 1.29 is 14.5 Å². The second kappa shape index (κ2) is 6.52. The number of carbonyl (C=O) groups is 1. The lowest BCUT2D eigenvalue weighted by molar-refractivity contribution is -0.386. The van der Waals surface area contributed by atoms with E-state index in [1.165, 1.54) is 24.7 Å². The Morgan fingerprint density at radius 2 is 2.18 bits per heavy atom. The Labute approximate surface area is 130 Å². The molecular weight excluding hydrogens is 312 g/mol. The Bertz CT molecular complexity index is 712. The first-order chi connectivity index (χ1) is 10.4. The van der Waals surface area contributed by atoms with Crippen LogP contribution in [-0.2, 0) is 22.7 Å². The number of hydrogen-bond donors (Lipinski definition) is 0. The summed E-state index contributed by atoms with van der Waals surface area (Å²) in [6, 6.07) is 3.28. The molecule has 0 aromatic carbocycles. The quantitative estimate of drug-likeness (QED) is 0.362. The first-order valence-corrected chi connectivity index (χ1v) is 6.70. The van der Waals surface area contributed by atoms with E-state index in [1.807, 2.05) is 0 Å². The fourth-order valence-electron chi connectivity index (χ4n) is 1.93. The molecule has 0 N–H and O–H groups in total. The summed E-state index contributed by atoms with van der Waals surface area (Å²) in [5.41, 5.74) is 1.18. The molecule has 2 heterocycles. The van der Waals surface area contributed by atoms with E-state index in [-0.39, 0.29) is 24.5 Å². The van der Waals surface area contributed by atoms with Crippen molar-refractivity contribution in [2.75, 3.05) is 0 Å². The lowest BCUT2D eigenvalue weighted by Crippen LogP contribution is -2.15. The molecule has 0 amide bonds. The number of nitrogens with zero attached hydrogens (tertiary/aromatic N) is 4. The molecule has 116 valence electrons. The van der Waals surface area contributed by atoms with Gasteiger partial charge in [-0.1, -0.05) is 17.7 Å². The molecule has 0 saturated carbocycles. The van der Waals surface area contributed by atoms with Crippen molar-refractivity contribution in [3.63, 3.8) is 0 Å². The van der Waals surface area contributed by atoms with Crippen LogP contribution in [0.2, 0.25) is 5.15 Å². The third kappa shape index (κ3) is 3.59. The Kier molecular flexibility index (Phi) is 4.71. The van der Waals surface area contributed by atoms with Crippen molar-refractivity contribution in [1.82, 2.24) is 14.8 Å². The number of esters is 1. The molecule has 0 aliphatic rings. The lowest BCUT2D eigenvalue weighted by atomic mass is 10.3. The maximum Gasteiger partial charge on any atom is 0.328 e. The van der Waals surface area contributed by atoms with Crippen LogP contribution in [0.4, 0.5) is 5.69 Å². The summed E-state index contributed by atoms with van der Waals surface area (Å²) in [5.74, 6) is -0.546. The molecule has 0 aliphatic carbocycles. The van der Waals surface area contributed by atoms with Crippen LogP contribution in [0.1, 0.15) is 17.0 Å². The van der Waals surface area contributed by atoms with Crippen LogP contribution in [0.5, 0.6) is 0 Å². The third-order valence-electron chi connectivity index (χ3n) is 2.99. The van der Waals surface area contributed by atoms with Gasteiger partial charge in [-0.05, 0) is 19.9 Å². The predicted molar refractivity (Wildman–Crippen MR) is 77.4 cm³/mol. The van der Waals surface area contributed by atoms with Crippen molar-refractivity contribution in [2.45, 2.75) is 27.0 Å². The zero-order valence-electron chi connectivity index (χ0n) is 11.9. The number of aryl methyl sites for hydroxylation is 1. The van der Waals surface area contributed by atoms with E-state index in [1.54, 1.807) is 12.1 Å². The predicted octanol–water partition coefficient (Wildman–Crippen LogP) is 2.20. The number of nitro groups is 1. The Hall–Kier alpha value is -2.48. The third-order valence-corrected chi connectivity index (χ3v) is 3.22. The fourth-order valence-corrected chi connectivity index (χ4v) is 2.04. The first-order valence-electron chi connectivity index (χ1n) is 6.33. The number of rotatable bonds is 5. The average molecular weight is 325 g/mol. The van der Waals surface area contributed by atoms with Crippen LogP contribution in [0, 0.1) is 24.0 Å². The molecule has 8 nitrogen and oxygen atoms in total.